The average molecular weight is 251 g/mol. The molecule has 2 unspecified atom stereocenters. The van der Waals surface area contributed by atoms with Crippen LogP contribution in [0.1, 0.15) is 45.2 Å². The van der Waals surface area contributed by atoms with Gasteiger partial charge >= 0.3 is 0 Å². The van der Waals surface area contributed by atoms with Crippen molar-refractivity contribution in [3.8, 4) is 0 Å². The van der Waals surface area contributed by atoms with Crippen molar-refractivity contribution in [1.82, 2.24) is 5.32 Å². The predicted octanol–water partition coefficient (Wildman–Crippen LogP) is 4.26. The van der Waals surface area contributed by atoms with E-state index in [1.807, 2.05) is 11.8 Å². The molecule has 0 saturated heterocycles. The minimum Gasteiger partial charge on any atom is -0.307 e. The molecular weight excluding hydrogens is 226 g/mol. The van der Waals surface area contributed by atoms with Gasteiger partial charge in [0.05, 0.1) is 0 Å². The van der Waals surface area contributed by atoms with Gasteiger partial charge in [-0.2, -0.15) is 11.8 Å². The van der Waals surface area contributed by atoms with Gasteiger partial charge in [-0.25, -0.2) is 0 Å². The van der Waals surface area contributed by atoms with Crippen LogP contribution in [0.4, 0.5) is 0 Å². The first kappa shape index (κ1) is 14.6. The van der Waals surface area contributed by atoms with E-state index in [-0.39, 0.29) is 0 Å². The molecule has 2 atom stereocenters. The molecule has 0 aromatic heterocycles. The van der Waals surface area contributed by atoms with E-state index in [9.17, 15) is 0 Å². The maximum atomic E-state index is 3.73. The van der Waals surface area contributed by atoms with Crippen molar-refractivity contribution < 1.29 is 0 Å². The summed E-state index contributed by atoms with van der Waals surface area (Å²) >= 11 is 2.03. The molecule has 0 radical (unpaired) electrons. The largest absolute Gasteiger partial charge is 0.307 e. The molecule has 2 heteroatoms. The van der Waals surface area contributed by atoms with Crippen LogP contribution in [0.3, 0.4) is 0 Å². The Kier molecular flexibility index (Phi) is 7.38. The Bertz CT molecular complexity index is 286. The average Bonchev–Trinajstić information content (AvgIpc) is 2.37. The predicted molar refractivity (Wildman–Crippen MR) is 79.7 cm³/mol. The molecule has 1 rings (SSSR count). The number of rotatable bonds is 8. The summed E-state index contributed by atoms with van der Waals surface area (Å²) in [5.74, 6) is 2.48. The molecule has 0 bridgehead atoms. The van der Waals surface area contributed by atoms with Gasteiger partial charge < -0.3 is 5.32 Å². The summed E-state index contributed by atoms with van der Waals surface area (Å²) in [6.07, 6.45) is 2.40. The molecule has 0 amide bonds. The van der Waals surface area contributed by atoms with E-state index in [0.717, 1.165) is 6.42 Å². The molecule has 17 heavy (non-hydrogen) atoms. The fraction of sp³-hybridized carbons (Fsp3) is 0.600. The number of thioether (sulfide) groups is 1. The highest BCUT2D eigenvalue weighted by Crippen LogP contribution is 2.17. The van der Waals surface area contributed by atoms with E-state index >= 15 is 0 Å². The Balaban J connectivity index is 2.41. The lowest BCUT2D eigenvalue weighted by molar-refractivity contribution is 0.439. The third kappa shape index (κ3) is 5.60. The van der Waals surface area contributed by atoms with Crippen LogP contribution in [0.2, 0.25) is 0 Å². The van der Waals surface area contributed by atoms with Crippen molar-refractivity contribution in [2.45, 2.75) is 45.7 Å². The Hall–Kier alpha value is -0.470. The number of hydrogen-bond donors (Lipinski definition) is 1. The van der Waals surface area contributed by atoms with Crippen molar-refractivity contribution in [1.29, 1.82) is 0 Å². The van der Waals surface area contributed by atoms with Crippen LogP contribution in [0.25, 0.3) is 0 Å². The lowest BCUT2D eigenvalue weighted by atomic mass is 10.0. The molecule has 1 N–H and O–H groups in total. The van der Waals surface area contributed by atoms with E-state index in [1.165, 1.54) is 23.5 Å². The summed E-state index contributed by atoms with van der Waals surface area (Å²) < 4.78 is 0. The SMILES string of the molecule is CCSCCC(C)NC(CC)c1ccccc1. The maximum absolute atomic E-state index is 3.73. The third-order valence-electron chi connectivity index (χ3n) is 3.00. The quantitative estimate of drug-likeness (QED) is 0.693. The molecule has 0 saturated carbocycles. The van der Waals surface area contributed by atoms with Crippen LogP contribution < -0.4 is 5.32 Å². The second-order valence-electron chi connectivity index (χ2n) is 4.42. The molecule has 0 aliphatic heterocycles. The van der Waals surface area contributed by atoms with Crippen molar-refractivity contribution in [3.05, 3.63) is 35.9 Å². The zero-order valence-corrected chi connectivity index (χ0v) is 12.1. The van der Waals surface area contributed by atoms with Crippen molar-refractivity contribution in [2.24, 2.45) is 0 Å². The van der Waals surface area contributed by atoms with Gasteiger partial charge in [0.15, 0.2) is 0 Å². The Labute approximate surface area is 110 Å². The number of nitrogens with one attached hydrogen (secondary N) is 1. The standard InChI is InChI=1S/C15H25NS/c1-4-15(14-9-7-6-8-10-14)16-13(3)11-12-17-5-2/h6-10,13,15-16H,4-5,11-12H2,1-3H3. The first-order chi connectivity index (χ1) is 8.27. The van der Waals surface area contributed by atoms with Crippen LogP contribution in [-0.2, 0) is 0 Å². The summed E-state index contributed by atoms with van der Waals surface area (Å²) in [7, 11) is 0. The third-order valence-corrected chi connectivity index (χ3v) is 3.93. The van der Waals surface area contributed by atoms with Crippen LogP contribution >= 0.6 is 11.8 Å². The molecule has 0 fully saturated rings. The first-order valence-electron chi connectivity index (χ1n) is 6.66. The van der Waals surface area contributed by atoms with Crippen molar-refractivity contribution in [3.63, 3.8) is 0 Å². The van der Waals surface area contributed by atoms with Gasteiger partial charge in [0, 0.05) is 12.1 Å². The van der Waals surface area contributed by atoms with E-state index in [0.29, 0.717) is 12.1 Å². The van der Waals surface area contributed by atoms with Gasteiger partial charge in [-0.15, -0.1) is 0 Å². The lowest BCUT2D eigenvalue weighted by Gasteiger charge is -2.22. The zero-order valence-electron chi connectivity index (χ0n) is 11.3. The highest BCUT2D eigenvalue weighted by atomic mass is 32.2. The highest BCUT2D eigenvalue weighted by Gasteiger charge is 2.11. The van der Waals surface area contributed by atoms with Gasteiger partial charge in [-0.1, -0.05) is 44.2 Å². The summed E-state index contributed by atoms with van der Waals surface area (Å²) in [5.41, 5.74) is 1.41. The molecule has 1 nitrogen and oxygen atoms in total. The van der Waals surface area contributed by atoms with Crippen LogP contribution in [0, 0.1) is 0 Å². The Morgan fingerprint density at radius 1 is 1.18 bits per heavy atom. The first-order valence-corrected chi connectivity index (χ1v) is 7.82. The minimum absolute atomic E-state index is 0.498. The van der Waals surface area contributed by atoms with Crippen LogP contribution in [-0.4, -0.2) is 17.5 Å². The van der Waals surface area contributed by atoms with Gasteiger partial charge in [0.25, 0.3) is 0 Å². The minimum atomic E-state index is 0.498. The maximum Gasteiger partial charge on any atom is 0.0319 e. The summed E-state index contributed by atoms with van der Waals surface area (Å²) in [6, 6.07) is 11.9. The number of benzene rings is 1. The van der Waals surface area contributed by atoms with Gasteiger partial charge in [0.1, 0.15) is 0 Å². The number of hydrogen-bond acceptors (Lipinski definition) is 2. The van der Waals surface area contributed by atoms with Crippen molar-refractivity contribution in [2.75, 3.05) is 11.5 Å². The smallest absolute Gasteiger partial charge is 0.0319 e. The summed E-state index contributed by atoms with van der Waals surface area (Å²) in [5, 5.41) is 3.73. The summed E-state index contributed by atoms with van der Waals surface area (Å²) in [4.78, 5) is 0. The molecule has 0 spiro atoms. The topological polar surface area (TPSA) is 12.0 Å². The highest BCUT2D eigenvalue weighted by molar-refractivity contribution is 7.99. The molecule has 0 aliphatic carbocycles. The molecule has 1 aromatic carbocycles. The zero-order chi connectivity index (χ0) is 12.5. The summed E-state index contributed by atoms with van der Waals surface area (Å²) in [6.45, 7) is 6.77. The van der Waals surface area contributed by atoms with Crippen LogP contribution in [0.5, 0.6) is 0 Å². The molecular formula is C15H25NS. The fourth-order valence-corrected chi connectivity index (χ4v) is 2.78. The second kappa shape index (κ2) is 8.60. The molecule has 1 aromatic rings. The Morgan fingerprint density at radius 2 is 1.88 bits per heavy atom. The van der Waals surface area contributed by atoms with E-state index in [4.69, 9.17) is 0 Å². The molecule has 96 valence electrons. The molecule has 0 heterocycles. The lowest BCUT2D eigenvalue weighted by Crippen LogP contribution is -2.30. The van der Waals surface area contributed by atoms with E-state index < -0.39 is 0 Å². The van der Waals surface area contributed by atoms with Gasteiger partial charge in [-0.05, 0) is 36.8 Å². The normalized spacial score (nSPS) is 14.5. The Morgan fingerprint density at radius 3 is 2.47 bits per heavy atom. The fourth-order valence-electron chi connectivity index (χ4n) is 1.97. The van der Waals surface area contributed by atoms with Crippen molar-refractivity contribution >= 4 is 11.8 Å². The van der Waals surface area contributed by atoms with Crippen LogP contribution in [0.15, 0.2) is 30.3 Å². The van der Waals surface area contributed by atoms with Gasteiger partial charge in [-0.3, -0.25) is 0 Å². The molecule has 0 aliphatic rings. The monoisotopic (exact) mass is 251 g/mol. The van der Waals surface area contributed by atoms with E-state index in [1.54, 1.807) is 0 Å². The second-order valence-corrected chi connectivity index (χ2v) is 5.82. The van der Waals surface area contributed by atoms with Gasteiger partial charge in [0.2, 0.25) is 0 Å². The van der Waals surface area contributed by atoms with E-state index in [2.05, 4.69) is 56.4 Å².